The summed E-state index contributed by atoms with van der Waals surface area (Å²) in [7, 11) is 2.16. The summed E-state index contributed by atoms with van der Waals surface area (Å²) < 4.78 is 0. The van der Waals surface area contributed by atoms with Crippen molar-refractivity contribution in [2.75, 3.05) is 13.6 Å². The molecule has 0 aromatic heterocycles. The fraction of sp³-hybridized carbons (Fsp3) is 0.929. The van der Waals surface area contributed by atoms with Gasteiger partial charge in [-0.1, -0.05) is 25.7 Å². The third-order valence-electron chi connectivity index (χ3n) is 4.33. The lowest BCUT2D eigenvalue weighted by atomic mass is 10.0. The normalized spacial score (nSPS) is 28.6. The first-order valence-electron chi connectivity index (χ1n) is 7.00. The van der Waals surface area contributed by atoms with Crippen molar-refractivity contribution in [3.05, 3.63) is 0 Å². The van der Waals surface area contributed by atoms with E-state index in [-0.39, 0.29) is 6.04 Å². The molecule has 0 saturated heterocycles. The van der Waals surface area contributed by atoms with Crippen LogP contribution in [-0.4, -0.2) is 30.3 Å². The quantitative estimate of drug-likeness (QED) is 0.685. The number of likely N-dealkylation sites (N-methyl/N-ethyl adjacent to an activating group) is 1. The monoisotopic (exact) mass is 223 g/mol. The molecule has 2 rings (SSSR count). The Morgan fingerprint density at radius 2 is 1.75 bits per heavy atom. The highest BCUT2D eigenvalue weighted by Gasteiger charge is 2.27. The molecule has 0 N–H and O–H groups in total. The van der Waals surface area contributed by atoms with Crippen LogP contribution in [0.5, 0.6) is 0 Å². The SMILES string of the molecule is CN(CC1CCCC1)C1CCCCCC1=O. The van der Waals surface area contributed by atoms with Gasteiger partial charge in [0.05, 0.1) is 6.04 Å². The first kappa shape index (κ1) is 12.1. The van der Waals surface area contributed by atoms with E-state index < -0.39 is 0 Å². The standard InChI is InChI=1S/C14H25NO/c1-15(11-12-7-5-6-8-12)13-9-3-2-4-10-14(13)16/h12-13H,2-11H2,1H3. The molecule has 0 aromatic rings. The van der Waals surface area contributed by atoms with Gasteiger partial charge in [0.15, 0.2) is 0 Å². The number of carbonyl (C=O) groups is 1. The van der Waals surface area contributed by atoms with E-state index in [1.165, 1.54) is 38.5 Å². The van der Waals surface area contributed by atoms with E-state index in [2.05, 4.69) is 11.9 Å². The highest BCUT2D eigenvalue weighted by Crippen LogP contribution is 2.27. The molecule has 2 aliphatic rings. The zero-order valence-corrected chi connectivity index (χ0v) is 10.6. The summed E-state index contributed by atoms with van der Waals surface area (Å²) in [6, 6.07) is 0.239. The predicted octanol–water partition coefficient (Wildman–Crippen LogP) is 3.01. The maximum atomic E-state index is 12.0. The van der Waals surface area contributed by atoms with Gasteiger partial charge in [0.2, 0.25) is 0 Å². The molecule has 1 atom stereocenters. The second-order valence-electron chi connectivity index (χ2n) is 5.67. The largest absolute Gasteiger partial charge is 0.298 e. The van der Waals surface area contributed by atoms with E-state index in [9.17, 15) is 4.79 Å². The van der Waals surface area contributed by atoms with Crippen LogP contribution in [0.2, 0.25) is 0 Å². The topological polar surface area (TPSA) is 20.3 Å². The lowest BCUT2D eigenvalue weighted by molar-refractivity contribution is -0.123. The van der Waals surface area contributed by atoms with Gasteiger partial charge < -0.3 is 0 Å². The molecule has 0 bridgehead atoms. The van der Waals surface area contributed by atoms with Crippen molar-refractivity contribution in [1.29, 1.82) is 0 Å². The summed E-state index contributed by atoms with van der Waals surface area (Å²) in [4.78, 5) is 14.3. The number of Topliss-reactive ketones (excluding diaryl/α,β-unsaturated/α-hetero) is 1. The minimum absolute atomic E-state index is 0.239. The van der Waals surface area contributed by atoms with Crippen LogP contribution in [0.25, 0.3) is 0 Å². The maximum absolute atomic E-state index is 12.0. The third kappa shape index (κ3) is 3.07. The Balaban J connectivity index is 1.85. The molecule has 0 radical (unpaired) electrons. The first-order chi connectivity index (χ1) is 7.77. The number of ketones is 1. The van der Waals surface area contributed by atoms with Gasteiger partial charge >= 0.3 is 0 Å². The van der Waals surface area contributed by atoms with Gasteiger partial charge in [-0.2, -0.15) is 0 Å². The van der Waals surface area contributed by atoms with E-state index in [4.69, 9.17) is 0 Å². The smallest absolute Gasteiger partial charge is 0.149 e. The van der Waals surface area contributed by atoms with Gasteiger partial charge in [0, 0.05) is 13.0 Å². The molecule has 16 heavy (non-hydrogen) atoms. The summed E-state index contributed by atoms with van der Waals surface area (Å²) in [5.41, 5.74) is 0. The predicted molar refractivity (Wildman–Crippen MR) is 66.5 cm³/mol. The van der Waals surface area contributed by atoms with Crippen molar-refractivity contribution in [1.82, 2.24) is 4.90 Å². The van der Waals surface area contributed by atoms with Gasteiger partial charge in [-0.15, -0.1) is 0 Å². The van der Waals surface area contributed by atoms with Crippen LogP contribution in [0.1, 0.15) is 57.8 Å². The van der Waals surface area contributed by atoms with Crippen molar-refractivity contribution in [2.24, 2.45) is 5.92 Å². The van der Waals surface area contributed by atoms with Gasteiger partial charge in [0.25, 0.3) is 0 Å². The van der Waals surface area contributed by atoms with Crippen molar-refractivity contribution in [3.8, 4) is 0 Å². The summed E-state index contributed by atoms with van der Waals surface area (Å²) >= 11 is 0. The fourth-order valence-electron chi connectivity index (χ4n) is 3.33. The average molecular weight is 223 g/mol. The van der Waals surface area contributed by atoms with Crippen LogP contribution in [0.4, 0.5) is 0 Å². The minimum atomic E-state index is 0.239. The number of carbonyl (C=O) groups excluding carboxylic acids is 1. The molecule has 0 aromatic carbocycles. The highest BCUT2D eigenvalue weighted by molar-refractivity contribution is 5.84. The fourth-order valence-corrected chi connectivity index (χ4v) is 3.33. The Morgan fingerprint density at radius 1 is 1.06 bits per heavy atom. The zero-order chi connectivity index (χ0) is 11.4. The van der Waals surface area contributed by atoms with Crippen LogP contribution in [0.3, 0.4) is 0 Å². The summed E-state index contributed by atoms with van der Waals surface area (Å²) in [5.74, 6) is 1.36. The van der Waals surface area contributed by atoms with Gasteiger partial charge in [-0.3, -0.25) is 9.69 Å². The van der Waals surface area contributed by atoms with Crippen molar-refractivity contribution >= 4 is 5.78 Å². The molecule has 2 saturated carbocycles. The van der Waals surface area contributed by atoms with Crippen molar-refractivity contribution in [2.45, 2.75) is 63.8 Å². The molecular weight excluding hydrogens is 198 g/mol. The Labute approximate surface area is 99.4 Å². The van der Waals surface area contributed by atoms with Gasteiger partial charge in [-0.25, -0.2) is 0 Å². The second kappa shape index (κ2) is 5.81. The first-order valence-corrected chi connectivity index (χ1v) is 7.00. The molecule has 0 aliphatic heterocycles. The molecule has 0 amide bonds. The lowest BCUT2D eigenvalue weighted by Crippen LogP contribution is -2.40. The molecule has 1 unspecified atom stereocenters. The van der Waals surface area contributed by atoms with Crippen LogP contribution >= 0.6 is 0 Å². The second-order valence-corrected chi connectivity index (χ2v) is 5.67. The van der Waals surface area contributed by atoms with Crippen LogP contribution < -0.4 is 0 Å². The van der Waals surface area contributed by atoms with Gasteiger partial charge in [-0.05, 0) is 38.6 Å². The van der Waals surface area contributed by atoms with Crippen LogP contribution in [0.15, 0.2) is 0 Å². The molecule has 2 heteroatoms. The summed E-state index contributed by atoms with van der Waals surface area (Å²) in [6.07, 6.45) is 11.1. The third-order valence-corrected chi connectivity index (χ3v) is 4.33. The Hall–Kier alpha value is -0.370. The molecule has 2 fully saturated rings. The van der Waals surface area contributed by atoms with Crippen LogP contribution in [-0.2, 0) is 4.79 Å². The van der Waals surface area contributed by atoms with Crippen LogP contribution in [0, 0.1) is 5.92 Å². The van der Waals surface area contributed by atoms with Crippen molar-refractivity contribution in [3.63, 3.8) is 0 Å². The summed E-state index contributed by atoms with van der Waals surface area (Å²) in [5, 5.41) is 0. The van der Waals surface area contributed by atoms with E-state index in [1.54, 1.807) is 0 Å². The minimum Gasteiger partial charge on any atom is -0.298 e. The number of hydrogen-bond donors (Lipinski definition) is 0. The molecule has 0 spiro atoms. The molecule has 2 nitrogen and oxygen atoms in total. The maximum Gasteiger partial charge on any atom is 0.149 e. The summed E-state index contributed by atoms with van der Waals surface area (Å²) in [6.45, 7) is 1.15. The molecule has 0 heterocycles. The van der Waals surface area contributed by atoms with E-state index in [0.29, 0.717) is 5.78 Å². The average Bonchev–Trinajstić information content (AvgIpc) is 2.66. The molecule has 2 aliphatic carbocycles. The Kier molecular flexibility index (Phi) is 4.39. The number of hydrogen-bond acceptors (Lipinski definition) is 2. The van der Waals surface area contributed by atoms with E-state index in [1.807, 2.05) is 0 Å². The van der Waals surface area contributed by atoms with Gasteiger partial charge in [0.1, 0.15) is 5.78 Å². The Bertz CT molecular complexity index is 233. The van der Waals surface area contributed by atoms with E-state index >= 15 is 0 Å². The Morgan fingerprint density at radius 3 is 2.50 bits per heavy atom. The number of nitrogens with zero attached hydrogens (tertiary/aromatic N) is 1. The van der Waals surface area contributed by atoms with Crippen molar-refractivity contribution < 1.29 is 4.79 Å². The van der Waals surface area contributed by atoms with E-state index in [0.717, 1.165) is 31.7 Å². The highest BCUT2D eigenvalue weighted by atomic mass is 16.1. The molecule has 92 valence electrons. The molecular formula is C14H25NO. The number of rotatable bonds is 3. The lowest BCUT2D eigenvalue weighted by Gasteiger charge is -2.28. The zero-order valence-electron chi connectivity index (χ0n) is 10.6.